The van der Waals surface area contributed by atoms with Gasteiger partial charge in [-0.1, -0.05) is 51.2 Å². The van der Waals surface area contributed by atoms with Crippen LogP contribution in [-0.2, 0) is 6.42 Å². The average Bonchev–Trinajstić information content (AvgIpc) is 2.34. The Kier molecular flexibility index (Phi) is 6.81. The number of aromatic hydroxyl groups is 1. The molecule has 1 atom stereocenters. The molecule has 1 aromatic carbocycles. The van der Waals surface area contributed by atoms with Crippen LogP contribution in [0.2, 0.25) is 0 Å². The molecule has 0 aliphatic rings. The third kappa shape index (κ3) is 4.69. The lowest BCUT2D eigenvalue weighted by atomic mass is 9.97. The van der Waals surface area contributed by atoms with E-state index < -0.39 is 6.10 Å². The lowest BCUT2D eigenvalue weighted by Gasteiger charge is -2.13. The van der Waals surface area contributed by atoms with Crippen molar-refractivity contribution in [3.8, 4) is 5.75 Å². The van der Waals surface area contributed by atoms with Gasteiger partial charge < -0.3 is 10.2 Å². The van der Waals surface area contributed by atoms with Crippen LogP contribution in [0.3, 0.4) is 0 Å². The Bertz CT molecular complexity index is 345. The highest BCUT2D eigenvalue weighted by molar-refractivity contribution is 5.40. The largest absolute Gasteiger partial charge is 0.508 e. The van der Waals surface area contributed by atoms with E-state index in [1.165, 1.54) is 32.1 Å². The summed E-state index contributed by atoms with van der Waals surface area (Å²) in [7, 11) is 0. The van der Waals surface area contributed by atoms with Crippen LogP contribution >= 0.6 is 0 Å². The summed E-state index contributed by atoms with van der Waals surface area (Å²) in [5.74, 6) is 0.321. The first-order valence-electron chi connectivity index (χ1n) is 7.15. The van der Waals surface area contributed by atoms with Crippen molar-refractivity contribution >= 4 is 0 Å². The number of rotatable bonds is 8. The summed E-state index contributed by atoms with van der Waals surface area (Å²) in [6, 6.07) is 5.40. The summed E-state index contributed by atoms with van der Waals surface area (Å²) in [6.45, 7) is 3.97. The van der Waals surface area contributed by atoms with Gasteiger partial charge in [0.25, 0.3) is 0 Å². The second-order valence-corrected chi connectivity index (χ2v) is 5.04. The van der Waals surface area contributed by atoms with Gasteiger partial charge in [-0.3, -0.25) is 0 Å². The fraction of sp³-hybridized carbons (Fsp3) is 0.625. The van der Waals surface area contributed by atoms with E-state index >= 15 is 0 Å². The van der Waals surface area contributed by atoms with Gasteiger partial charge in [-0.05, 0) is 37.0 Å². The quantitative estimate of drug-likeness (QED) is 0.673. The maximum absolute atomic E-state index is 9.87. The maximum Gasteiger partial charge on any atom is 0.119 e. The Morgan fingerprint density at radius 2 is 1.72 bits per heavy atom. The van der Waals surface area contributed by atoms with E-state index in [4.69, 9.17) is 0 Å². The number of hydrogen-bond donors (Lipinski definition) is 2. The molecule has 0 spiro atoms. The summed E-state index contributed by atoms with van der Waals surface area (Å²) in [6.07, 6.45) is 7.80. The SMILES string of the molecule is CCCCCCCCc1c(O)cccc1C(C)O. The van der Waals surface area contributed by atoms with E-state index in [-0.39, 0.29) is 0 Å². The summed E-state index contributed by atoms with van der Waals surface area (Å²) in [5.41, 5.74) is 1.78. The van der Waals surface area contributed by atoms with E-state index in [0.29, 0.717) is 5.75 Å². The number of aliphatic hydroxyl groups is 1. The second-order valence-electron chi connectivity index (χ2n) is 5.04. The number of unbranched alkanes of at least 4 members (excludes halogenated alkanes) is 5. The molecule has 0 heterocycles. The number of phenols is 1. The maximum atomic E-state index is 9.87. The van der Waals surface area contributed by atoms with Crippen molar-refractivity contribution in [3.63, 3.8) is 0 Å². The van der Waals surface area contributed by atoms with Gasteiger partial charge in [-0.25, -0.2) is 0 Å². The van der Waals surface area contributed by atoms with Gasteiger partial charge in [0.1, 0.15) is 5.75 Å². The topological polar surface area (TPSA) is 40.5 Å². The minimum atomic E-state index is -0.507. The van der Waals surface area contributed by atoms with Crippen molar-refractivity contribution in [2.45, 2.75) is 64.9 Å². The molecular formula is C16H26O2. The highest BCUT2D eigenvalue weighted by Gasteiger charge is 2.11. The van der Waals surface area contributed by atoms with Crippen LogP contribution in [0.5, 0.6) is 5.75 Å². The molecule has 0 aliphatic carbocycles. The molecule has 0 aliphatic heterocycles. The van der Waals surface area contributed by atoms with Crippen molar-refractivity contribution in [3.05, 3.63) is 29.3 Å². The molecule has 1 unspecified atom stereocenters. The van der Waals surface area contributed by atoms with Crippen LogP contribution in [-0.4, -0.2) is 10.2 Å². The van der Waals surface area contributed by atoms with Crippen molar-refractivity contribution < 1.29 is 10.2 Å². The molecule has 1 rings (SSSR count). The third-order valence-corrected chi connectivity index (χ3v) is 3.42. The molecule has 0 saturated carbocycles. The first kappa shape index (κ1) is 15.0. The van der Waals surface area contributed by atoms with Crippen molar-refractivity contribution in [1.82, 2.24) is 0 Å². The predicted octanol–water partition coefficient (Wildman–Crippen LogP) is 4.35. The Morgan fingerprint density at radius 3 is 2.39 bits per heavy atom. The molecule has 0 amide bonds. The molecule has 102 valence electrons. The second kappa shape index (κ2) is 8.15. The normalized spacial score (nSPS) is 12.6. The summed E-state index contributed by atoms with van der Waals surface area (Å²) in [5, 5.41) is 19.6. The fourth-order valence-electron chi connectivity index (χ4n) is 2.34. The Labute approximate surface area is 111 Å². The minimum absolute atomic E-state index is 0.321. The highest BCUT2D eigenvalue weighted by Crippen LogP contribution is 2.27. The van der Waals surface area contributed by atoms with Gasteiger partial charge in [0.05, 0.1) is 6.10 Å². The number of benzene rings is 1. The summed E-state index contributed by atoms with van der Waals surface area (Å²) < 4.78 is 0. The molecule has 0 aromatic heterocycles. The summed E-state index contributed by atoms with van der Waals surface area (Å²) in [4.78, 5) is 0. The van der Waals surface area contributed by atoms with Gasteiger partial charge in [0.15, 0.2) is 0 Å². The molecule has 18 heavy (non-hydrogen) atoms. The first-order valence-corrected chi connectivity index (χ1v) is 7.15. The van der Waals surface area contributed by atoms with Crippen LogP contribution in [0.1, 0.15) is 69.6 Å². The Balaban J connectivity index is 2.46. The van der Waals surface area contributed by atoms with E-state index in [9.17, 15) is 10.2 Å². The molecule has 1 aromatic rings. The van der Waals surface area contributed by atoms with Gasteiger partial charge in [0, 0.05) is 0 Å². The summed E-state index contributed by atoms with van der Waals surface area (Å²) >= 11 is 0. The first-order chi connectivity index (χ1) is 8.66. The van der Waals surface area contributed by atoms with Crippen LogP contribution in [0.25, 0.3) is 0 Å². The highest BCUT2D eigenvalue weighted by atomic mass is 16.3. The van der Waals surface area contributed by atoms with E-state index in [1.54, 1.807) is 19.1 Å². The zero-order chi connectivity index (χ0) is 13.4. The molecule has 0 saturated heterocycles. The van der Waals surface area contributed by atoms with Crippen LogP contribution in [0.4, 0.5) is 0 Å². The molecular weight excluding hydrogens is 224 g/mol. The van der Waals surface area contributed by atoms with E-state index in [2.05, 4.69) is 6.92 Å². The predicted molar refractivity (Wildman–Crippen MR) is 75.8 cm³/mol. The van der Waals surface area contributed by atoms with Gasteiger partial charge in [0.2, 0.25) is 0 Å². The zero-order valence-corrected chi connectivity index (χ0v) is 11.7. The number of phenolic OH excluding ortho intramolecular Hbond substituents is 1. The van der Waals surface area contributed by atoms with Crippen molar-refractivity contribution in [2.24, 2.45) is 0 Å². The Hall–Kier alpha value is -1.02. The van der Waals surface area contributed by atoms with Crippen LogP contribution in [0, 0.1) is 0 Å². The monoisotopic (exact) mass is 250 g/mol. The van der Waals surface area contributed by atoms with Gasteiger partial charge in [-0.2, -0.15) is 0 Å². The van der Waals surface area contributed by atoms with Crippen LogP contribution < -0.4 is 0 Å². The lowest BCUT2D eigenvalue weighted by Crippen LogP contribution is -1.99. The standard InChI is InChI=1S/C16H26O2/c1-3-4-5-6-7-8-10-15-14(13(2)17)11-9-12-16(15)18/h9,11-13,17-18H,3-8,10H2,1-2H3. The lowest BCUT2D eigenvalue weighted by molar-refractivity contribution is 0.197. The van der Waals surface area contributed by atoms with Crippen LogP contribution in [0.15, 0.2) is 18.2 Å². The van der Waals surface area contributed by atoms with Gasteiger partial charge in [-0.15, -0.1) is 0 Å². The molecule has 2 N–H and O–H groups in total. The molecule has 0 fully saturated rings. The average molecular weight is 250 g/mol. The van der Waals surface area contributed by atoms with Gasteiger partial charge >= 0.3 is 0 Å². The smallest absolute Gasteiger partial charge is 0.119 e. The van der Waals surface area contributed by atoms with E-state index in [0.717, 1.165) is 24.0 Å². The Morgan fingerprint density at radius 1 is 1.06 bits per heavy atom. The molecule has 0 radical (unpaired) electrons. The zero-order valence-electron chi connectivity index (χ0n) is 11.7. The molecule has 2 heteroatoms. The van der Waals surface area contributed by atoms with E-state index in [1.807, 2.05) is 6.07 Å². The minimum Gasteiger partial charge on any atom is -0.508 e. The number of aliphatic hydroxyl groups excluding tert-OH is 1. The van der Waals surface area contributed by atoms with Crippen molar-refractivity contribution in [1.29, 1.82) is 0 Å². The van der Waals surface area contributed by atoms with Crippen molar-refractivity contribution in [2.75, 3.05) is 0 Å². The third-order valence-electron chi connectivity index (χ3n) is 3.42. The molecule has 0 bridgehead atoms. The molecule has 2 nitrogen and oxygen atoms in total. The fourth-order valence-corrected chi connectivity index (χ4v) is 2.34. The number of hydrogen-bond acceptors (Lipinski definition) is 2.